The van der Waals surface area contributed by atoms with Gasteiger partial charge in [0.25, 0.3) is 0 Å². The van der Waals surface area contributed by atoms with Crippen LogP contribution in [0.1, 0.15) is 36.5 Å². The third-order valence-corrected chi connectivity index (χ3v) is 5.05. The molecule has 0 amide bonds. The molecule has 0 aliphatic heterocycles. The predicted molar refractivity (Wildman–Crippen MR) is 120 cm³/mol. The van der Waals surface area contributed by atoms with E-state index in [1.165, 1.54) is 24.0 Å². The van der Waals surface area contributed by atoms with Crippen molar-refractivity contribution in [3.05, 3.63) is 69.8 Å². The van der Waals surface area contributed by atoms with Crippen LogP contribution in [0.3, 0.4) is 0 Å². The van der Waals surface area contributed by atoms with Gasteiger partial charge in [0.1, 0.15) is 5.82 Å². The number of fused-ring (bicyclic) bond motifs is 1. The van der Waals surface area contributed by atoms with Crippen LogP contribution in [0.2, 0.25) is 0 Å². The van der Waals surface area contributed by atoms with E-state index in [2.05, 4.69) is 57.6 Å². The van der Waals surface area contributed by atoms with Gasteiger partial charge >= 0.3 is 5.76 Å². The van der Waals surface area contributed by atoms with Gasteiger partial charge in [0, 0.05) is 23.1 Å². The van der Waals surface area contributed by atoms with Crippen molar-refractivity contribution >= 4 is 34.2 Å². The molecule has 7 nitrogen and oxygen atoms in total. The molecule has 4 rings (SSSR count). The summed E-state index contributed by atoms with van der Waals surface area (Å²) in [5.74, 6) is 0.735. The third-order valence-electron chi connectivity index (χ3n) is 5.05. The zero-order chi connectivity index (χ0) is 21.1. The van der Waals surface area contributed by atoms with E-state index in [0.717, 1.165) is 23.4 Å². The average Bonchev–Trinajstić information content (AvgIpc) is 3.09. The minimum Gasteiger partial charge on any atom is -0.408 e. The average molecular weight is 403 g/mol. The van der Waals surface area contributed by atoms with Crippen LogP contribution in [0, 0.1) is 13.8 Å². The largest absolute Gasteiger partial charge is 0.417 e. The number of anilines is 4. The van der Waals surface area contributed by atoms with E-state index in [-0.39, 0.29) is 0 Å². The van der Waals surface area contributed by atoms with Gasteiger partial charge in [-0.2, -0.15) is 4.98 Å². The number of aromatic nitrogens is 3. The van der Waals surface area contributed by atoms with Crippen molar-refractivity contribution < 1.29 is 4.42 Å². The molecule has 2 heterocycles. The number of aryl methyl sites for hydroxylation is 3. The molecule has 2 aromatic heterocycles. The van der Waals surface area contributed by atoms with Crippen molar-refractivity contribution in [2.75, 3.05) is 10.6 Å². The van der Waals surface area contributed by atoms with Gasteiger partial charge in [0.15, 0.2) is 5.58 Å². The Morgan fingerprint density at radius 2 is 1.83 bits per heavy atom. The molecule has 0 fully saturated rings. The molecule has 0 spiro atoms. The Balaban J connectivity index is 1.54. The Kier molecular flexibility index (Phi) is 5.52. The molecule has 3 N–H and O–H groups in total. The number of unbranched alkanes of at least 4 members (excludes halogenated alkanes) is 1. The van der Waals surface area contributed by atoms with E-state index in [1.54, 1.807) is 12.3 Å². The summed E-state index contributed by atoms with van der Waals surface area (Å²) >= 11 is 0. The fraction of sp³-hybridized carbons (Fsp3) is 0.261. The lowest BCUT2D eigenvalue weighted by Crippen LogP contribution is -2.03. The van der Waals surface area contributed by atoms with Crippen molar-refractivity contribution in [3.63, 3.8) is 0 Å². The lowest BCUT2D eigenvalue weighted by molar-refractivity contribution is 0.555. The molecule has 0 aliphatic rings. The normalized spacial score (nSPS) is 11.0. The van der Waals surface area contributed by atoms with Crippen LogP contribution in [0.4, 0.5) is 23.1 Å². The standard InChI is InChI=1S/C23H25N5O2/c1-4-5-6-16-7-8-17(11-14(16)2)26-22-24-13-15(3)21(28-22)25-18-9-10-20-19(12-18)27-23(29)30-20/h7-13H,4-6H2,1-3H3,(H,27,29)(H2,24,25,26,28). The highest BCUT2D eigenvalue weighted by molar-refractivity contribution is 5.78. The highest BCUT2D eigenvalue weighted by atomic mass is 16.4. The molecule has 4 aromatic rings. The fourth-order valence-electron chi connectivity index (χ4n) is 3.35. The first-order valence-corrected chi connectivity index (χ1v) is 10.1. The second-order valence-electron chi connectivity index (χ2n) is 7.45. The van der Waals surface area contributed by atoms with Crippen molar-refractivity contribution in [2.45, 2.75) is 40.0 Å². The Bertz CT molecular complexity index is 1240. The Morgan fingerprint density at radius 3 is 2.63 bits per heavy atom. The molecular weight excluding hydrogens is 378 g/mol. The number of H-pyrrole nitrogens is 1. The number of benzene rings is 2. The number of nitrogens with zero attached hydrogens (tertiary/aromatic N) is 2. The molecule has 0 unspecified atom stereocenters. The number of aromatic amines is 1. The Labute approximate surface area is 174 Å². The van der Waals surface area contributed by atoms with Gasteiger partial charge < -0.3 is 15.1 Å². The van der Waals surface area contributed by atoms with E-state index in [4.69, 9.17) is 4.42 Å². The van der Waals surface area contributed by atoms with Crippen LogP contribution in [0.15, 0.2) is 51.8 Å². The summed E-state index contributed by atoms with van der Waals surface area (Å²) in [6.45, 7) is 6.28. The smallest absolute Gasteiger partial charge is 0.408 e. The summed E-state index contributed by atoms with van der Waals surface area (Å²) in [7, 11) is 0. The quantitative estimate of drug-likeness (QED) is 0.384. The maximum atomic E-state index is 11.4. The summed E-state index contributed by atoms with van der Waals surface area (Å²) in [5, 5.41) is 6.58. The van der Waals surface area contributed by atoms with E-state index < -0.39 is 5.76 Å². The molecule has 0 radical (unpaired) electrons. The topological polar surface area (TPSA) is 95.8 Å². The van der Waals surface area contributed by atoms with Gasteiger partial charge in [-0.25, -0.2) is 9.78 Å². The molecule has 0 bridgehead atoms. The zero-order valence-corrected chi connectivity index (χ0v) is 17.4. The van der Waals surface area contributed by atoms with Gasteiger partial charge in [-0.1, -0.05) is 19.4 Å². The monoisotopic (exact) mass is 403 g/mol. The zero-order valence-electron chi connectivity index (χ0n) is 17.4. The number of hydrogen-bond acceptors (Lipinski definition) is 6. The van der Waals surface area contributed by atoms with Crippen molar-refractivity contribution in [1.29, 1.82) is 0 Å². The van der Waals surface area contributed by atoms with Crippen molar-refractivity contribution in [1.82, 2.24) is 15.0 Å². The molecule has 2 aromatic carbocycles. The molecule has 30 heavy (non-hydrogen) atoms. The first kappa shape index (κ1) is 19.7. The predicted octanol–water partition coefficient (Wildman–Crippen LogP) is 5.36. The Morgan fingerprint density at radius 1 is 1.03 bits per heavy atom. The molecular formula is C23H25N5O2. The van der Waals surface area contributed by atoms with Crippen LogP contribution in [-0.2, 0) is 6.42 Å². The summed E-state index contributed by atoms with van der Waals surface area (Å²) < 4.78 is 5.05. The molecule has 0 atom stereocenters. The first-order chi connectivity index (χ1) is 14.5. The van der Waals surface area contributed by atoms with Crippen molar-refractivity contribution in [3.8, 4) is 0 Å². The van der Waals surface area contributed by atoms with Gasteiger partial charge in [-0.3, -0.25) is 4.98 Å². The molecule has 0 saturated carbocycles. The van der Waals surface area contributed by atoms with Crippen LogP contribution < -0.4 is 16.4 Å². The fourth-order valence-corrected chi connectivity index (χ4v) is 3.35. The van der Waals surface area contributed by atoms with E-state index in [0.29, 0.717) is 22.9 Å². The van der Waals surface area contributed by atoms with Gasteiger partial charge in [-0.05, 0) is 68.1 Å². The highest BCUT2D eigenvalue weighted by Gasteiger charge is 2.08. The summed E-state index contributed by atoms with van der Waals surface area (Å²) in [5.41, 5.74) is 6.46. The van der Waals surface area contributed by atoms with Gasteiger partial charge in [0.05, 0.1) is 5.52 Å². The van der Waals surface area contributed by atoms with Gasteiger partial charge in [0.2, 0.25) is 5.95 Å². The minimum atomic E-state index is -0.470. The molecule has 7 heteroatoms. The lowest BCUT2D eigenvalue weighted by Gasteiger charge is -2.12. The summed E-state index contributed by atoms with van der Waals surface area (Å²) in [6.07, 6.45) is 5.26. The van der Waals surface area contributed by atoms with Gasteiger partial charge in [-0.15, -0.1) is 0 Å². The van der Waals surface area contributed by atoms with E-state index in [1.807, 2.05) is 19.1 Å². The third kappa shape index (κ3) is 4.35. The van der Waals surface area contributed by atoms with Crippen LogP contribution >= 0.6 is 0 Å². The number of rotatable bonds is 7. The van der Waals surface area contributed by atoms with Crippen LogP contribution in [0.25, 0.3) is 11.1 Å². The number of hydrogen-bond donors (Lipinski definition) is 3. The Hall–Kier alpha value is -3.61. The number of nitrogens with one attached hydrogen (secondary N) is 3. The SMILES string of the molecule is CCCCc1ccc(Nc2ncc(C)c(Nc3ccc4oc(=O)[nH]c4c3)n2)cc1C. The molecule has 0 saturated heterocycles. The second-order valence-corrected chi connectivity index (χ2v) is 7.45. The number of oxazole rings is 1. The maximum absolute atomic E-state index is 11.4. The van der Waals surface area contributed by atoms with Crippen LogP contribution in [0.5, 0.6) is 0 Å². The van der Waals surface area contributed by atoms with Crippen molar-refractivity contribution in [2.24, 2.45) is 0 Å². The van der Waals surface area contributed by atoms with E-state index in [9.17, 15) is 4.79 Å². The second kappa shape index (κ2) is 8.41. The summed E-state index contributed by atoms with van der Waals surface area (Å²) in [4.78, 5) is 23.0. The van der Waals surface area contributed by atoms with E-state index >= 15 is 0 Å². The maximum Gasteiger partial charge on any atom is 0.417 e. The molecule has 154 valence electrons. The van der Waals surface area contributed by atoms with Crippen LogP contribution in [-0.4, -0.2) is 15.0 Å². The minimum absolute atomic E-state index is 0.470. The molecule has 0 aliphatic carbocycles. The highest BCUT2D eigenvalue weighted by Crippen LogP contribution is 2.24. The first-order valence-electron chi connectivity index (χ1n) is 10.1. The summed E-state index contributed by atoms with van der Waals surface area (Å²) in [6, 6.07) is 11.8. The lowest BCUT2D eigenvalue weighted by atomic mass is 10.0.